The maximum Gasteiger partial charge on any atom is 0.335 e. The van der Waals surface area contributed by atoms with E-state index in [9.17, 15) is 4.79 Å². The van der Waals surface area contributed by atoms with Gasteiger partial charge in [-0.05, 0) is 122 Å². The molecule has 1 heterocycles. The molecule has 2 heteroatoms. The summed E-state index contributed by atoms with van der Waals surface area (Å²) >= 11 is 0. The van der Waals surface area contributed by atoms with Crippen LogP contribution in [0.3, 0.4) is 0 Å². The van der Waals surface area contributed by atoms with E-state index in [0.717, 1.165) is 30.1 Å². The monoisotopic (exact) mass is 436 g/mol. The lowest BCUT2D eigenvalue weighted by atomic mass is 9.40. The average molecular weight is 437 g/mol. The summed E-state index contributed by atoms with van der Waals surface area (Å²) < 4.78 is 5.41. The summed E-state index contributed by atoms with van der Waals surface area (Å²) in [6.07, 6.45) is 14.0. The molecule has 0 radical (unpaired) electrons. The number of rotatable bonds is 3. The molecule has 4 aliphatic carbocycles. The van der Waals surface area contributed by atoms with Gasteiger partial charge in [-0.15, -0.1) is 6.58 Å². The van der Waals surface area contributed by atoms with Crippen molar-refractivity contribution in [3.63, 3.8) is 0 Å². The number of allylic oxidation sites excluding steroid dienone is 1. The van der Waals surface area contributed by atoms with Gasteiger partial charge in [-0.2, -0.15) is 0 Å². The summed E-state index contributed by atoms with van der Waals surface area (Å²) in [6.45, 7) is 16.9. The van der Waals surface area contributed by atoms with Gasteiger partial charge in [-0.25, -0.2) is 4.79 Å². The third-order valence-electron chi connectivity index (χ3n) is 11.6. The van der Waals surface area contributed by atoms with E-state index >= 15 is 0 Å². The highest BCUT2D eigenvalue weighted by Gasteiger charge is 2.67. The Balaban J connectivity index is 1.55. The first-order valence-corrected chi connectivity index (χ1v) is 13.3. The van der Waals surface area contributed by atoms with Crippen LogP contribution in [0.1, 0.15) is 104 Å². The normalized spacial score (nSPS) is 47.9. The third kappa shape index (κ3) is 3.14. The number of hydrogen-bond donors (Lipinski definition) is 0. The molecule has 2 nitrogen and oxygen atoms in total. The molecule has 5 rings (SSSR count). The standard InChI is InChI=1S/C30H44O2/c1-19(2)15-22-17-30(6)25-9-8-23-16-20(3)11-13-28(23,4)24(25)12-14-29(30,5)27(22)21-7-10-26(31)32-18-21/h7,10,18,20,22-25,27H,1,8-9,11-17H2,2-6H3. The van der Waals surface area contributed by atoms with Gasteiger partial charge in [0, 0.05) is 6.07 Å². The second-order valence-electron chi connectivity index (χ2n) is 13.2. The second kappa shape index (κ2) is 7.60. The van der Waals surface area contributed by atoms with Crippen LogP contribution >= 0.6 is 0 Å². The average Bonchev–Trinajstić information content (AvgIpc) is 2.95. The molecule has 0 amide bonds. The van der Waals surface area contributed by atoms with E-state index in [4.69, 9.17) is 4.42 Å². The van der Waals surface area contributed by atoms with E-state index in [-0.39, 0.29) is 11.0 Å². The van der Waals surface area contributed by atoms with Crippen LogP contribution in [0.5, 0.6) is 0 Å². The van der Waals surface area contributed by atoms with Crippen LogP contribution in [0.2, 0.25) is 0 Å². The Morgan fingerprint density at radius 1 is 1.06 bits per heavy atom. The van der Waals surface area contributed by atoms with Crippen LogP contribution in [0.4, 0.5) is 0 Å². The zero-order valence-electron chi connectivity index (χ0n) is 21.1. The molecule has 0 N–H and O–H groups in total. The van der Waals surface area contributed by atoms with Crippen LogP contribution in [0.15, 0.2) is 39.8 Å². The minimum atomic E-state index is -0.238. The first kappa shape index (κ1) is 22.5. The van der Waals surface area contributed by atoms with Crippen molar-refractivity contribution in [2.45, 2.75) is 98.3 Å². The van der Waals surface area contributed by atoms with Crippen molar-refractivity contribution >= 4 is 0 Å². The predicted molar refractivity (Wildman–Crippen MR) is 132 cm³/mol. The SMILES string of the molecule is C=C(C)CC1CC2(C)C3CCC4CC(C)CCC4(C)C3CCC2(C)C1c1ccc(=O)oc1. The molecule has 4 saturated carbocycles. The van der Waals surface area contributed by atoms with Crippen LogP contribution in [-0.4, -0.2) is 0 Å². The molecule has 32 heavy (non-hydrogen) atoms. The van der Waals surface area contributed by atoms with Crippen molar-refractivity contribution in [1.29, 1.82) is 0 Å². The van der Waals surface area contributed by atoms with Gasteiger partial charge in [-0.1, -0.05) is 39.7 Å². The molecule has 0 aromatic carbocycles. The molecular formula is C30H44O2. The highest BCUT2D eigenvalue weighted by atomic mass is 16.4. The van der Waals surface area contributed by atoms with Gasteiger partial charge in [0.1, 0.15) is 0 Å². The van der Waals surface area contributed by atoms with Crippen molar-refractivity contribution in [2.75, 3.05) is 0 Å². The van der Waals surface area contributed by atoms with Crippen LogP contribution in [-0.2, 0) is 0 Å². The van der Waals surface area contributed by atoms with Crippen molar-refractivity contribution in [3.05, 3.63) is 46.5 Å². The minimum Gasteiger partial charge on any atom is -0.431 e. The summed E-state index contributed by atoms with van der Waals surface area (Å²) in [5, 5.41) is 0. The second-order valence-corrected chi connectivity index (χ2v) is 13.2. The van der Waals surface area contributed by atoms with E-state index in [1.807, 2.05) is 0 Å². The summed E-state index contributed by atoms with van der Waals surface area (Å²) in [7, 11) is 0. The first-order valence-electron chi connectivity index (χ1n) is 13.3. The molecule has 1 aromatic heterocycles. The molecule has 4 aliphatic rings. The van der Waals surface area contributed by atoms with Gasteiger partial charge in [-0.3, -0.25) is 0 Å². The maximum absolute atomic E-state index is 11.7. The summed E-state index contributed by atoms with van der Waals surface area (Å²) in [4.78, 5) is 11.7. The number of fused-ring (bicyclic) bond motifs is 5. The Hall–Kier alpha value is -1.31. The van der Waals surface area contributed by atoms with E-state index in [1.165, 1.54) is 62.5 Å². The molecule has 9 atom stereocenters. The molecule has 0 bridgehead atoms. The molecule has 9 unspecified atom stereocenters. The highest BCUT2D eigenvalue weighted by Crippen LogP contribution is 2.75. The Kier molecular flexibility index (Phi) is 5.34. The summed E-state index contributed by atoms with van der Waals surface area (Å²) in [6, 6.07) is 3.69. The van der Waals surface area contributed by atoms with E-state index in [2.05, 4.69) is 47.3 Å². The van der Waals surface area contributed by atoms with E-state index in [1.54, 1.807) is 12.3 Å². The smallest absolute Gasteiger partial charge is 0.335 e. The molecule has 0 aliphatic heterocycles. The highest BCUT2D eigenvalue weighted by molar-refractivity contribution is 5.28. The molecule has 4 fully saturated rings. The lowest BCUT2D eigenvalue weighted by Crippen LogP contribution is -2.57. The Morgan fingerprint density at radius 2 is 1.84 bits per heavy atom. The fraction of sp³-hybridized carbons (Fsp3) is 0.767. The Morgan fingerprint density at radius 3 is 2.53 bits per heavy atom. The van der Waals surface area contributed by atoms with Crippen molar-refractivity contribution in [2.24, 2.45) is 45.8 Å². The fourth-order valence-corrected chi connectivity index (χ4v) is 9.97. The molecule has 0 saturated heterocycles. The molecular weight excluding hydrogens is 392 g/mol. The largest absolute Gasteiger partial charge is 0.431 e. The van der Waals surface area contributed by atoms with Crippen LogP contribution < -0.4 is 5.63 Å². The van der Waals surface area contributed by atoms with E-state index < -0.39 is 0 Å². The summed E-state index contributed by atoms with van der Waals surface area (Å²) in [5.41, 5.74) is 3.43. The Labute approximate surface area is 195 Å². The lowest BCUT2D eigenvalue weighted by Gasteiger charge is -2.64. The number of hydrogen-bond acceptors (Lipinski definition) is 2. The Bertz CT molecular complexity index is 924. The lowest BCUT2D eigenvalue weighted by molar-refractivity contribution is -0.151. The van der Waals surface area contributed by atoms with Gasteiger partial charge in [0.05, 0.1) is 6.26 Å². The minimum absolute atomic E-state index is 0.238. The zero-order valence-corrected chi connectivity index (χ0v) is 21.1. The summed E-state index contributed by atoms with van der Waals surface area (Å²) in [5.74, 6) is 4.59. The molecule has 176 valence electrons. The van der Waals surface area contributed by atoms with Crippen LogP contribution in [0, 0.1) is 45.8 Å². The van der Waals surface area contributed by atoms with Gasteiger partial charge < -0.3 is 4.42 Å². The predicted octanol–water partition coefficient (Wildman–Crippen LogP) is 7.98. The van der Waals surface area contributed by atoms with Gasteiger partial charge in [0.2, 0.25) is 0 Å². The topological polar surface area (TPSA) is 30.2 Å². The van der Waals surface area contributed by atoms with E-state index in [0.29, 0.717) is 22.7 Å². The maximum atomic E-state index is 11.7. The van der Waals surface area contributed by atoms with Crippen LogP contribution in [0.25, 0.3) is 0 Å². The van der Waals surface area contributed by atoms with Gasteiger partial charge >= 0.3 is 5.63 Å². The van der Waals surface area contributed by atoms with Crippen molar-refractivity contribution < 1.29 is 4.42 Å². The first-order chi connectivity index (χ1) is 15.1. The zero-order chi connectivity index (χ0) is 22.9. The van der Waals surface area contributed by atoms with Gasteiger partial charge in [0.15, 0.2) is 0 Å². The van der Waals surface area contributed by atoms with Gasteiger partial charge in [0.25, 0.3) is 0 Å². The quantitative estimate of drug-likeness (QED) is 0.449. The fourth-order valence-electron chi connectivity index (χ4n) is 9.97. The van der Waals surface area contributed by atoms with Crippen molar-refractivity contribution in [1.82, 2.24) is 0 Å². The third-order valence-corrected chi connectivity index (χ3v) is 11.6. The van der Waals surface area contributed by atoms with Crippen molar-refractivity contribution in [3.8, 4) is 0 Å². The molecule has 0 spiro atoms. The molecule has 1 aromatic rings.